The highest BCUT2D eigenvalue weighted by Gasteiger charge is 2.13. The van der Waals surface area contributed by atoms with Crippen molar-refractivity contribution in [2.45, 2.75) is 19.3 Å². The van der Waals surface area contributed by atoms with Gasteiger partial charge in [0.25, 0.3) is 0 Å². The number of rotatable bonds is 4. The van der Waals surface area contributed by atoms with Crippen LogP contribution in [0.25, 0.3) is 5.52 Å². The van der Waals surface area contributed by atoms with Crippen molar-refractivity contribution in [3.8, 4) is 0 Å². The third kappa shape index (κ3) is 2.54. The van der Waals surface area contributed by atoms with Gasteiger partial charge in [0.1, 0.15) is 5.82 Å². The second-order valence-electron chi connectivity index (χ2n) is 5.18. The Morgan fingerprint density at radius 1 is 1.35 bits per heavy atom. The third-order valence-electron chi connectivity index (χ3n) is 3.88. The number of pyridine rings is 1. The van der Waals surface area contributed by atoms with E-state index in [2.05, 4.69) is 9.88 Å². The Morgan fingerprint density at radius 3 is 2.90 bits per heavy atom. The largest absolute Gasteiger partial charge is 0.465 e. The molecule has 5 heteroatoms. The summed E-state index contributed by atoms with van der Waals surface area (Å²) in [6.45, 7) is 3.41. The molecule has 5 nitrogen and oxygen atoms in total. The fourth-order valence-corrected chi connectivity index (χ4v) is 2.73. The van der Waals surface area contributed by atoms with Crippen molar-refractivity contribution in [3.63, 3.8) is 0 Å². The summed E-state index contributed by atoms with van der Waals surface area (Å²) in [4.78, 5) is 18.5. The van der Waals surface area contributed by atoms with Gasteiger partial charge in [-0.25, -0.2) is 9.78 Å². The molecule has 0 saturated carbocycles. The number of fused-ring (bicyclic) bond motifs is 1. The van der Waals surface area contributed by atoms with Crippen molar-refractivity contribution in [1.29, 1.82) is 0 Å². The van der Waals surface area contributed by atoms with Gasteiger partial charge in [-0.05, 0) is 38.1 Å². The minimum atomic E-state index is -0.314. The van der Waals surface area contributed by atoms with E-state index < -0.39 is 0 Å². The Kier molecular flexibility index (Phi) is 3.69. The molecule has 1 aliphatic rings. The van der Waals surface area contributed by atoms with Gasteiger partial charge in [-0.15, -0.1) is 0 Å². The number of hydrogen-bond acceptors (Lipinski definition) is 4. The number of esters is 1. The van der Waals surface area contributed by atoms with Gasteiger partial charge < -0.3 is 14.0 Å². The zero-order valence-electron chi connectivity index (χ0n) is 11.7. The molecule has 0 atom stereocenters. The van der Waals surface area contributed by atoms with Crippen molar-refractivity contribution >= 4 is 11.5 Å². The van der Waals surface area contributed by atoms with Gasteiger partial charge in [-0.3, -0.25) is 0 Å². The monoisotopic (exact) mass is 273 g/mol. The average molecular weight is 273 g/mol. The van der Waals surface area contributed by atoms with Gasteiger partial charge in [0.15, 0.2) is 0 Å². The van der Waals surface area contributed by atoms with Crippen molar-refractivity contribution in [1.82, 2.24) is 14.3 Å². The SMILES string of the molecule is COC(=O)c1ccc2cnc(CCN3CCCC3)n2c1. The maximum Gasteiger partial charge on any atom is 0.339 e. The number of hydrogen-bond donors (Lipinski definition) is 0. The highest BCUT2D eigenvalue weighted by atomic mass is 16.5. The standard InChI is InChI=1S/C15H19N3O2/c1-20-15(19)12-4-5-13-10-16-14(18(13)11-12)6-9-17-7-2-3-8-17/h4-5,10-11H,2-3,6-9H2,1H3. The van der Waals surface area contributed by atoms with Crippen molar-refractivity contribution < 1.29 is 9.53 Å². The average Bonchev–Trinajstić information content (AvgIpc) is 3.13. The van der Waals surface area contributed by atoms with Crippen LogP contribution >= 0.6 is 0 Å². The van der Waals surface area contributed by atoms with Crippen LogP contribution in [0, 0.1) is 0 Å². The molecule has 1 saturated heterocycles. The van der Waals surface area contributed by atoms with Crippen LogP contribution < -0.4 is 0 Å². The fourth-order valence-electron chi connectivity index (χ4n) is 2.73. The maximum absolute atomic E-state index is 11.6. The molecule has 3 heterocycles. The lowest BCUT2D eigenvalue weighted by atomic mass is 10.2. The summed E-state index contributed by atoms with van der Waals surface area (Å²) < 4.78 is 6.75. The number of methoxy groups -OCH3 is 1. The molecule has 2 aromatic heterocycles. The molecule has 0 bridgehead atoms. The first-order valence-corrected chi connectivity index (χ1v) is 7.04. The molecule has 106 valence electrons. The third-order valence-corrected chi connectivity index (χ3v) is 3.88. The molecule has 0 aromatic carbocycles. The minimum absolute atomic E-state index is 0.314. The maximum atomic E-state index is 11.6. The normalized spacial score (nSPS) is 15.8. The van der Waals surface area contributed by atoms with E-state index in [0.29, 0.717) is 5.56 Å². The summed E-state index contributed by atoms with van der Waals surface area (Å²) >= 11 is 0. The lowest BCUT2D eigenvalue weighted by molar-refractivity contribution is 0.0600. The van der Waals surface area contributed by atoms with Crippen LogP contribution in [0.2, 0.25) is 0 Å². The van der Waals surface area contributed by atoms with Crippen LogP contribution in [0.3, 0.4) is 0 Å². The Morgan fingerprint density at radius 2 is 2.15 bits per heavy atom. The van der Waals surface area contributed by atoms with E-state index in [0.717, 1.165) is 24.3 Å². The van der Waals surface area contributed by atoms with Crippen molar-refractivity contribution in [2.75, 3.05) is 26.7 Å². The molecule has 0 radical (unpaired) electrons. The van der Waals surface area contributed by atoms with E-state index in [1.807, 2.05) is 22.9 Å². The molecule has 0 unspecified atom stereocenters. The number of aromatic nitrogens is 2. The van der Waals surface area contributed by atoms with Gasteiger partial charge in [0.2, 0.25) is 0 Å². The molecular weight excluding hydrogens is 254 g/mol. The molecule has 3 rings (SSSR count). The van der Waals surface area contributed by atoms with Gasteiger partial charge in [0.05, 0.1) is 24.4 Å². The van der Waals surface area contributed by atoms with E-state index in [1.165, 1.54) is 33.0 Å². The van der Waals surface area contributed by atoms with Crippen LogP contribution in [-0.2, 0) is 11.2 Å². The number of likely N-dealkylation sites (tertiary alicyclic amines) is 1. The molecule has 1 aliphatic heterocycles. The van der Waals surface area contributed by atoms with Crippen molar-refractivity contribution in [3.05, 3.63) is 35.9 Å². The predicted molar refractivity (Wildman–Crippen MR) is 75.9 cm³/mol. The van der Waals surface area contributed by atoms with Gasteiger partial charge in [-0.2, -0.15) is 0 Å². The van der Waals surface area contributed by atoms with Gasteiger partial charge in [-0.1, -0.05) is 0 Å². The number of imidazole rings is 1. The van der Waals surface area contributed by atoms with E-state index >= 15 is 0 Å². The number of ether oxygens (including phenoxy) is 1. The second kappa shape index (κ2) is 5.63. The zero-order valence-corrected chi connectivity index (χ0v) is 11.7. The molecule has 2 aromatic rings. The Hall–Kier alpha value is -1.88. The smallest absolute Gasteiger partial charge is 0.339 e. The highest BCUT2D eigenvalue weighted by molar-refractivity contribution is 5.89. The molecule has 0 N–H and O–H groups in total. The number of nitrogens with zero attached hydrogens (tertiary/aromatic N) is 3. The van der Waals surface area contributed by atoms with Gasteiger partial charge >= 0.3 is 5.97 Å². The lowest BCUT2D eigenvalue weighted by Gasteiger charge is -2.13. The summed E-state index contributed by atoms with van der Waals surface area (Å²) in [5.74, 6) is 0.684. The minimum Gasteiger partial charge on any atom is -0.465 e. The molecule has 1 fully saturated rings. The quantitative estimate of drug-likeness (QED) is 0.796. The van der Waals surface area contributed by atoms with E-state index in [4.69, 9.17) is 4.74 Å². The number of carbonyl (C=O) groups is 1. The molecule has 20 heavy (non-hydrogen) atoms. The summed E-state index contributed by atoms with van der Waals surface area (Å²) in [6.07, 6.45) is 7.16. The van der Waals surface area contributed by atoms with Gasteiger partial charge in [0, 0.05) is 19.2 Å². The first kappa shape index (κ1) is 13.1. The second-order valence-corrected chi connectivity index (χ2v) is 5.18. The Bertz CT molecular complexity index is 615. The zero-order chi connectivity index (χ0) is 13.9. The van der Waals surface area contributed by atoms with Crippen LogP contribution in [0.4, 0.5) is 0 Å². The molecular formula is C15H19N3O2. The van der Waals surface area contributed by atoms with Crippen LogP contribution in [-0.4, -0.2) is 47.0 Å². The van der Waals surface area contributed by atoms with E-state index in [-0.39, 0.29) is 5.97 Å². The molecule has 0 spiro atoms. The van der Waals surface area contributed by atoms with E-state index in [1.54, 1.807) is 6.07 Å². The molecule has 0 amide bonds. The summed E-state index contributed by atoms with van der Waals surface area (Å²) in [5, 5.41) is 0. The Labute approximate surface area is 118 Å². The Balaban J connectivity index is 1.81. The summed E-state index contributed by atoms with van der Waals surface area (Å²) in [6, 6.07) is 3.67. The van der Waals surface area contributed by atoms with Crippen LogP contribution in [0.5, 0.6) is 0 Å². The highest BCUT2D eigenvalue weighted by Crippen LogP contribution is 2.13. The van der Waals surface area contributed by atoms with Crippen molar-refractivity contribution in [2.24, 2.45) is 0 Å². The first-order valence-electron chi connectivity index (χ1n) is 7.04. The molecule has 0 aliphatic carbocycles. The topological polar surface area (TPSA) is 46.8 Å². The lowest BCUT2D eigenvalue weighted by Crippen LogP contribution is -2.22. The van der Waals surface area contributed by atoms with Crippen LogP contribution in [0.1, 0.15) is 29.0 Å². The fraction of sp³-hybridized carbons (Fsp3) is 0.467. The number of carbonyl (C=O) groups excluding carboxylic acids is 1. The summed E-state index contributed by atoms with van der Waals surface area (Å²) in [7, 11) is 1.40. The predicted octanol–water partition coefficient (Wildman–Crippen LogP) is 1.76. The summed E-state index contributed by atoms with van der Waals surface area (Å²) in [5.41, 5.74) is 1.56. The first-order chi connectivity index (χ1) is 9.78. The van der Waals surface area contributed by atoms with Crippen LogP contribution in [0.15, 0.2) is 24.5 Å². The van der Waals surface area contributed by atoms with E-state index in [9.17, 15) is 4.79 Å².